The van der Waals surface area contributed by atoms with E-state index in [2.05, 4.69) is 5.10 Å². The number of hydrogen-bond donors (Lipinski definition) is 1. The van der Waals surface area contributed by atoms with Crippen LogP contribution in [0.4, 0.5) is 0 Å². The summed E-state index contributed by atoms with van der Waals surface area (Å²) in [5, 5.41) is 3.65. The Morgan fingerprint density at radius 2 is 1.79 bits per heavy atom. The SMILES string of the molecule is CCCN1C(=O)C(c2c(C(C)C)[nH]n(-c3cccc(Cl)c3)c2=O)=C([n+]2ccc(C)c(C)c2)C1=O. The second-order valence-corrected chi connectivity index (χ2v) is 9.32. The first-order chi connectivity index (χ1) is 16.1. The Hall–Kier alpha value is -3.45. The molecule has 0 saturated heterocycles. The molecule has 2 aromatic heterocycles. The van der Waals surface area contributed by atoms with Crippen LogP contribution in [-0.2, 0) is 9.59 Å². The van der Waals surface area contributed by atoms with E-state index in [-0.39, 0.29) is 29.3 Å². The molecule has 0 bridgehead atoms. The van der Waals surface area contributed by atoms with Crippen molar-refractivity contribution < 1.29 is 14.2 Å². The van der Waals surface area contributed by atoms with Crippen LogP contribution in [0.2, 0.25) is 5.02 Å². The Morgan fingerprint density at radius 1 is 1.06 bits per heavy atom. The second kappa shape index (κ2) is 9.06. The Morgan fingerprint density at radius 3 is 2.41 bits per heavy atom. The van der Waals surface area contributed by atoms with E-state index in [9.17, 15) is 14.4 Å². The number of nitrogens with one attached hydrogen (secondary N) is 1. The first kappa shape index (κ1) is 23.7. The largest absolute Gasteiger partial charge is 0.326 e. The number of imide groups is 1. The standard InChI is InChI=1S/C26H27ClN4O3/c1-6-11-30-24(32)21(23(26(30)34)29-12-10-16(4)17(5)14-29)20-22(15(2)3)28-31(25(20)33)19-9-7-8-18(27)13-19/h7-10,12-15H,6,11H2,1-5H3/p+1. The number of H-pyrrole nitrogens is 1. The van der Waals surface area contributed by atoms with Gasteiger partial charge in [-0.15, -0.1) is 0 Å². The molecule has 7 nitrogen and oxygen atoms in total. The Kier molecular flexibility index (Phi) is 6.32. The highest BCUT2D eigenvalue weighted by Gasteiger charge is 2.47. The van der Waals surface area contributed by atoms with Crippen molar-refractivity contribution in [3.8, 4) is 5.69 Å². The fourth-order valence-electron chi connectivity index (χ4n) is 4.18. The minimum atomic E-state index is -0.455. The smallest absolute Gasteiger partial charge is 0.294 e. The average molecular weight is 480 g/mol. The molecule has 0 saturated carbocycles. The van der Waals surface area contributed by atoms with Crippen molar-refractivity contribution in [2.24, 2.45) is 0 Å². The van der Waals surface area contributed by atoms with E-state index in [1.165, 1.54) is 9.58 Å². The van der Waals surface area contributed by atoms with Gasteiger partial charge in [0.05, 0.1) is 11.3 Å². The van der Waals surface area contributed by atoms with Crippen LogP contribution in [-0.4, -0.2) is 33.0 Å². The molecule has 176 valence electrons. The molecule has 0 aliphatic carbocycles. The molecule has 3 heterocycles. The number of hydrogen-bond acceptors (Lipinski definition) is 3. The molecule has 2 amide bonds. The lowest BCUT2D eigenvalue weighted by Crippen LogP contribution is -2.40. The molecule has 34 heavy (non-hydrogen) atoms. The van der Waals surface area contributed by atoms with Gasteiger partial charge in [-0.1, -0.05) is 38.4 Å². The summed E-state index contributed by atoms with van der Waals surface area (Å²) in [5.74, 6) is -0.965. The van der Waals surface area contributed by atoms with Crippen molar-refractivity contribution in [2.75, 3.05) is 6.54 Å². The molecule has 0 radical (unpaired) electrons. The van der Waals surface area contributed by atoms with Gasteiger partial charge in [0.2, 0.25) is 0 Å². The van der Waals surface area contributed by atoms with E-state index in [1.807, 2.05) is 46.9 Å². The predicted molar refractivity (Wildman–Crippen MR) is 132 cm³/mol. The summed E-state index contributed by atoms with van der Waals surface area (Å²) in [6, 6.07) is 8.80. The highest BCUT2D eigenvalue weighted by Crippen LogP contribution is 2.32. The van der Waals surface area contributed by atoms with E-state index in [0.29, 0.717) is 22.8 Å². The lowest BCUT2D eigenvalue weighted by molar-refractivity contribution is -0.577. The maximum Gasteiger partial charge on any atom is 0.326 e. The van der Waals surface area contributed by atoms with E-state index < -0.39 is 17.4 Å². The molecule has 0 fully saturated rings. The van der Waals surface area contributed by atoms with Gasteiger partial charge in [0.25, 0.3) is 17.2 Å². The summed E-state index contributed by atoms with van der Waals surface area (Å²) >= 11 is 6.16. The van der Waals surface area contributed by atoms with E-state index in [1.54, 1.807) is 35.0 Å². The van der Waals surface area contributed by atoms with Crippen LogP contribution in [0.5, 0.6) is 0 Å². The van der Waals surface area contributed by atoms with Crippen molar-refractivity contribution in [3.05, 3.63) is 80.5 Å². The van der Waals surface area contributed by atoms with Crippen molar-refractivity contribution in [2.45, 2.75) is 47.0 Å². The highest BCUT2D eigenvalue weighted by molar-refractivity contribution is 6.44. The monoisotopic (exact) mass is 479 g/mol. The Labute approximate surface area is 203 Å². The van der Waals surface area contributed by atoms with Crippen LogP contribution in [0.1, 0.15) is 55.5 Å². The normalized spacial score (nSPS) is 14.1. The molecule has 1 aliphatic heterocycles. The number of halogens is 1. The van der Waals surface area contributed by atoms with Gasteiger partial charge in [0.1, 0.15) is 5.57 Å². The third-order valence-electron chi connectivity index (χ3n) is 6.10. The van der Waals surface area contributed by atoms with Gasteiger partial charge < -0.3 is 0 Å². The number of benzene rings is 1. The number of carbonyl (C=O) groups is 2. The van der Waals surface area contributed by atoms with E-state index in [0.717, 1.165) is 11.1 Å². The maximum absolute atomic E-state index is 13.8. The van der Waals surface area contributed by atoms with E-state index in [4.69, 9.17) is 11.6 Å². The van der Waals surface area contributed by atoms with Crippen molar-refractivity contribution in [1.29, 1.82) is 0 Å². The number of amides is 2. The van der Waals surface area contributed by atoms with Gasteiger partial charge in [0, 0.05) is 28.9 Å². The fourth-order valence-corrected chi connectivity index (χ4v) is 4.37. The van der Waals surface area contributed by atoms with Crippen LogP contribution in [0, 0.1) is 13.8 Å². The number of pyridine rings is 1. The first-order valence-corrected chi connectivity index (χ1v) is 11.7. The van der Waals surface area contributed by atoms with Gasteiger partial charge in [0.15, 0.2) is 12.4 Å². The number of aryl methyl sites for hydroxylation is 2. The lowest BCUT2D eigenvalue weighted by Gasteiger charge is -2.12. The van der Waals surface area contributed by atoms with Crippen LogP contribution >= 0.6 is 11.6 Å². The number of nitrogens with zero attached hydrogens (tertiary/aromatic N) is 3. The molecule has 1 N–H and O–H groups in total. The van der Waals surface area contributed by atoms with E-state index >= 15 is 0 Å². The zero-order valence-corrected chi connectivity index (χ0v) is 20.7. The minimum Gasteiger partial charge on any atom is -0.294 e. The molecular formula is C26H28ClN4O3+. The zero-order chi connectivity index (χ0) is 24.7. The van der Waals surface area contributed by atoms with Crippen molar-refractivity contribution in [3.63, 3.8) is 0 Å². The number of rotatable bonds is 6. The molecule has 0 unspecified atom stereocenters. The van der Waals surface area contributed by atoms with Gasteiger partial charge in [-0.2, -0.15) is 4.57 Å². The molecule has 0 spiro atoms. The Bertz CT molecular complexity index is 1400. The Balaban J connectivity index is 2.05. The summed E-state index contributed by atoms with van der Waals surface area (Å²) < 4.78 is 3.04. The summed E-state index contributed by atoms with van der Waals surface area (Å²) in [4.78, 5) is 42.1. The third-order valence-corrected chi connectivity index (χ3v) is 6.34. The highest BCUT2D eigenvalue weighted by atomic mass is 35.5. The second-order valence-electron chi connectivity index (χ2n) is 8.88. The fraction of sp³-hybridized carbons (Fsp3) is 0.308. The summed E-state index contributed by atoms with van der Waals surface area (Å²) in [7, 11) is 0. The summed E-state index contributed by atoms with van der Waals surface area (Å²) in [6.45, 7) is 9.98. The predicted octanol–water partition coefficient (Wildman–Crippen LogP) is 3.99. The quantitative estimate of drug-likeness (QED) is 0.429. The summed E-state index contributed by atoms with van der Waals surface area (Å²) in [5.41, 5.74) is 3.30. The third kappa shape index (κ3) is 3.90. The molecule has 1 aliphatic rings. The van der Waals surface area contributed by atoms with Crippen molar-refractivity contribution in [1.82, 2.24) is 14.7 Å². The van der Waals surface area contributed by atoms with Gasteiger partial charge in [-0.3, -0.25) is 24.4 Å². The molecule has 4 rings (SSSR count). The minimum absolute atomic E-state index is 0.107. The molecule has 1 aromatic carbocycles. The zero-order valence-electron chi connectivity index (χ0n) is 20.0. The van der Waals surface area contributed by atoms with Crippen molar-refractivity contribution >= 4 is 34.7 Å². The van der Waals surface area contributed by atoms with Crippen LogP contribution in [0.25, 0.3) is 17.0 Å². The van der Waals surface area contributed by atoms with Crippen LogP contribution in [0.3, 0.4) is 0 Å². The van der Waals surface area contributed by atoms with Gasteiger partial charge in [-0.25, -0.2) is 4.68 Å². The molecular weight excluding hydrogens is 452 g/mol. The molecule has 8 heteroatoms. The van der Waals surface area contributed by atoms with Gasteiger partial charge >= 0.3 is 5.91 Å². The topological polar surface area (TPSA) is 79.1 Å². The first-order valence-electron chi connectivity index (χ1n) is 11.4. The molecule has 3 aromatic rings. The average Bonchev–Trinajstić information content (AvgIpc) is 3.25. The number of carbonyl (C=O) groups excluding carboxylic acids is 2. The maximum atomic E-state index is 13.8. The van der Waals surface area contributed by atoms with Gasteiger partial charge in [-0.05, 0) is 49.9 Å². The summed E-state index contributed by atoms with van der Waals surface area (Å²) in [6.07, 6.45) is 4.20. The lowest BCUT2D eigenvalue weighted by atomic mass is 9.98. The van der Waals surface area contributed by atoms with Crippen LogP contribution in [0.15, 0.2) is 47.5 Å². The molecule has 0 atom stereocenters. The number of aromatic nitrogens is 3. The number of aromatic amines is 1. The van der Waals surface area contributed by atoms with Crippen LogP contribution < -0.4 is 10.1 Å².